The molecule has 0 spiro atoms. The molecule has 0 saturated carbocycles. The molecule has 1 aromatic carbocycles. The molecule has 0 radical (unpaired) electrons. The van der Waals surface area contributed by atoms with Crippen molar-refractivity contribution >= 4 is 29.1 Å². The summed E-state index contributed by atoms with van der Waals surface area (Å²) in [6, 6.07) is 9.04. The molecular weight excluding hydrogens is 385 g/mol. The Labute approximate surface area is 170 Å². The van der Waals surface area contributed by atoms with E-state index in [2.05, 4.69) is 4.90 Å². The molecular formula is C20H25Cl2N3O2. The van der Waals surface area contributed by atoms with E-state index in [1.807, 2.05) is 34.8 Å². The van der Waals surface area contributed by atoms with Crippen molar-refractivity contribution in [3.8, 4) is 0 Å². The first-order chi connectivity index (χ1) is 13.0. The van der Waals surface area contributed by atoms with Crippen LogP contribution in [-0.2, 0) is 18.3 Å². The Hall–Kier alpha value is -1.53. The van der Waals surface area contributed by atoms with Crippen molar-refractivity contribution in [2.45, 2.75) is 13.0 Å². The summed E-state index contributed by atoms with van der Waals surface area (Å²) in [4.78, 5) is 17.4. The molecule has 0 bridgehead atoms. The molecule has 27 heavy (non-hydrogen) atoms. The number of rotatable bonds is 7. The van der Waals surface area contributed by atoms with E-state index in [0.29, 0.717) is 28.7 Å². The van der Waals surface area contributed by atoms with E-state index in [1.165, 1.54) is 0 Å². The molecule has 1 amide bonds. The van der Waals surface area contributed by atoms with Gasteiger partial charge in [-0.3, -0.25) is 9.69 Å². The lowest BCUT2D eigenvalue weighted by Crippen LogP contribution is -2.39. The van der Waals surface area contributed by atoms with E-state index in [0.717, 1.165) is 45.0 Å². The second-order valence-electron chi connectivity index (χ2n) is 6.77. The summed E-state index contributed by atoms with van der Waals surface area (Å²) >= 11 is 12.3. The molecule has 7 heteroatoms. The fourth-order valence-electron chi connectivity index (χ4n) is 3.25. The molecule has 1 aromatic heterocycles. The highest BCUT2D eigenvalue weighted by molar-refractivity contribution is 6.36. The van der Waals surface area contributed by atoms with Crippen LogP contribution in [-0.4, -0.2) is 59.7 Å². The summed E-state index contributed by atoms with van der Waals surface area (Å²) in [5, 5.41) is 0.912. The maximum absolute atomic E-state index is 13.2. The van der Waals surface area contributed by atoms with Gasteiger partial charge in [-0.05, 0) is 36.8 Å². The van der Waals surface area contributed by atoms with Gasteiger partial charge in [0.15, 0.2) is 0 Å². The Kier molecular flexibility index (Phi) is 7.19. The zero-order chi connectivity index (χ0) is 19.2. The normalized spacial score (nSPS) is 15.1. The first kappa shape index (κ1) is 20.2. The van der Waals surface area contributed by atoms with E-state index in [1.54, 1.807) is 18.2 Å². The molecule has 1 aliphatic rings. The van der Waals surface area contributed by atoms with Gasteiger partial charge in [-0.25, -0.2) is 0 Å². The van der Waals surface area contributed by atoms with Gasteiger partial charge in [0.05, 0.1) is 30.3 Å². The van der Waals surface area contributed by atoms with Crippen LogP contribution in [0.15, 0.2) is 36.5 Å². The quantitative estimate of drug-likeness (QED) is 0.699. The van der Waals surface area contributed by atoms with Crippen molar-refractivity contribution in [2.24, 2.45) is 7.05 Å². The topological polar surface area (TPSA) is 37.7 Å². The van der Waals surface area contributed by atoms with Gasteiger partial charge in [0.25, 0.3) is 5.91 Å². The Morgan fingerprint density at radius 1 is 1.22 bits per heavy atom. The molecule has 1 fully saturated rings. The fourth-order valence-corrected chi connectivity index (χ4v) is 3.74. The average molecular weight is 410 g/mol. The number of carbonyl (C=O) groups excluding carboxylic acids is 1. The number of carbonyl (C=O) groups is 1. The van der Waals surface area contributed by atoms with Crippen LogP contribution in [0.2, 0.25) is 10.0 Å². The number of hydrogen-bond donors (Lipinski definition) is 0. The number of benzene rings is 1. The average Bonchev–Trinajstić information content (AvgIpc) is 3.06. The van der Waals surface area contributed by atoms with Gasteiger partial charge in [-0.1, -0.05) is 23.2 Å². The largest absolute Gasteiger partial charge is 0.379 e. The van der Waals surface area contributed by atoms with Gasteiger partial charge >= 0.3 is 0 Å². The maximum atomic E-state index is 13.2. The number of nitrogens with zero attached hydrogens (tertiary/aromatic N) is 3. The van der Waals surface area contributed by atoms with Crippen molar-refractivity contribution in [1.82, 2.24) is 14.4 Å². The highest BCUT2D eigenvalue weighted by atomic mass is 35.5. The summed E-state index contributed by atoms with van der Waals surface area (Å²) in [7, 11) is 1.99. The van der Waals surface area contributed by atoms with E-state index < -0.39 is 0 Å². The monoisotopic (exact) mass is 409 g/mol. The molecule has 2 heterocycles. The number of aryl methyl sites for hydroxylation is 1. The number of aromatic nitrogens is 1. The van der Waals surface area contributed by atoms with Crippen LogP contribution < -0.4 is 0 Å². The van der Waals surface area contributed by atoms with Crippen LogP contribution in [0.5, 0.6) is 0 Å². The van der Waals surface area contributed by atoms with Crippen LogP contribution in [0, 0.1) is 0 Å². The van der Waals surface area contributed by atoms with Gasteiger partial charge in [-0.2, -0.15) is 0 Å². The predicted molar refractivity (Wildman–Crippen MR) is 108 cm³/mol. The van der Waals surface area contributed by atoms with E-state index in [9.17, 15) is 4.79 Å². The number of halogens is 2. The lowest BCUT2D eigenvalue weighted by atomic mass is 10.1. The molecule has 0 N–H and O–H groups in total. The van der Waals surface area contributed by atoms with Gasteiger partial charge in [0.2, 0.25) is 0 Å². The van der Waals surface area contributed by atoms with Gasteiger partial charge in [0, 0.05) is 50.1 Å². The Balaban J connectivity index is 1.70. The zero-order valence-corrected chi connectivity index (χ0v) is 17.0. The lowest BCUT2D eigenvalue weighted by molar-refractivity contribution is 0.0355. The molecule has 146 valence electrons. The SMILES string of the molecule is Cn1cccc1CN(CCCN1CCOCC1)C(=O)c1ccc(Cl)cc1Cl. The fraction of sp³-hybridized carbons (Fsp3) is 0.450. The molecule has 2 aromatic rings. The van der Waals surface area contributed by atoms with Gasteiger partial charge in [-0.15, -0.1) is 0 Å². The molecule has 0 unspecified atom stereocenters. The smallest absolute Gasteiger partial charge is 0.255 e. The second kappa shape index (κ2) is 9.60. The minimum absolute atomic E-state index is 0.0696. The molecule has 0 aliphatic carbocycles. The summed E-state index contributed by atoms with van der Waals surface area (Å²) in [5.41, 5.74) is 1.57. The third-order valence-electron chi connectivity index (χ3n) is 4.86. The van der Waals surface area contributed by atoms with E-state index in [4.69, 9.17) is 27.9 Å². The summed E-state index contributed by atoms with van der Waals surface area (Å²) < 4.78 is 7.43. The third-order valence-corrected chi connectivity index (χ3v) is 5.41. The summed E-state index contributed by atoms with van der Waals surface area (Å²) in [6.07, 6.45) is 2.89. The highest BCUT2D eigenvalue weighted by Gasteiger charge is 2.20. The molecule has 0 atom stereocenters. The van der Waals surface area contributed by atoms with Crippen LogP contribution in [0.3, 0.4) is 0 Å². The zero-order valence-electron chi connectivity index (χ0n) is 15.5. The van der Waals surface area contributed by atoms with Crippen molar-refractivity contribution in [2.75, 3.05) is 39.4 Å². The first-order valence-corrected chi connectivity index (χ1v) is 9.95. The van der Waals surface area contributed by atoms with Crippen molar-refractivity contribution in [3.05, 3.63) is 57.8 Å². The number of amides is 1. The van der Waals surface area contributed by atoms with E-state index >= 15 is 0 Å². The summed E-state index contributed by atoms with van der Waals surface area (Å²) in [6.45, 7) is 5.64. The van der Waals surface area contributed by atoms with Gasteiger partial charge in [0.1, 0.15) is 0 Å². The first-order valence-electron chi connectivity index (χ1n) is 9.19. The predicted octanol–water partition coefficient (Wildman–Crippen LogP) is 3.70. The van der Waals surface area contributed by atoms with Crippen LogP contribution in [0.1, 0.15) is 22.5 Å². The minimum Gasteiger partial charge on any atom is -0.379 e. The Morgan fingerprint density at radius 3 is 2.67 bits per heavy atom. The highest BCUT2D eigenvalue weighted by Crippen LogP contribution is 2.23. The Bertz CT molecular complexity index is 772. The van der Waals surface area contributed by atoms with Crippen LogP contribution in [0.25, 0.3) is 0 Å². The van der Waals surface area contributed by atoms with Crippen molar-refractivity contribution < 1.29 is 9.53 Å². The van der Waals surface area contributed by atoms with Crippen LogP contribution >= 0.6 is 23.2 Å². The Morgan fingerprint density at radius 2 is 2.00 bits per heavy atom. The van der Waals surface area contributed by atoms with E-state index in [-0.39, 0.29) is 5.91 Å². The lowest BCUT2D eigenvalue weighted by Gasteiger charge is -2.28. The third kappa shape index (κ3) is 5.48. The maximum Gasteiger partial charge on any atom is 0.255 e. The summed E-state index contributed by atoms with van der Waals surface area (Å²) in [5.74, 6) is -0.0696. The molecule has 1 saturated heterocycles. The second-order valence-corrected chi connectivity index (χ2v) is 7.61. The minimum atomic E-state index is -0.0696. The number of hydrogen-bond acceptors (Lipinski definition) is 3. The number of morpholine rings is 1. The molecule has 1 aliphatic heterocycles. The number of ether oxygens (including phenoxy) is 1. The molecule has 5 nitrogen and oxygen atoms in total. The van der Waals surface area contributed by atoms with Crippen molar-refractivity contribution in [3.63, 3.8) is 0 Å². The van der Waals surface area contributed by atoms with Crippen molar-refractivity contribution in [1.29, 1.82) is 0 Å². The molecule has 3 rings (SSSR count). The van der Waals surface area contributed by atoms with Gasteiger partial charge < -0.3 is 14.2 Å². The van der Waals surface area contributed by atoms with Crippen LogP contribution in [0.4, 0.5) is 0 Å². The standard InChI is InChI=1S/C20H25Cl2N3O2/c1-23-7-2-4-17(23)15-25(9-3-8-24-10-12-27-13-11-24)20(26)18-6-5-16(21)14-19(18)22/h2,4-7,14H,3,8-13,15H2,1H3.